The average molecular weight is 838 g/mol. The Balaban J connectivity index is 1.51. The zero-order chi connectivity index (χ0) is 39.8. The minimum Gasteiger partial charge on any atom is -0.386 e. The second kappa shape index (κ2) is 19.2. The third kappa shape index (κ3) is 13.9. The molecule has 1 aliphatic heterocycles. The van der Waals surface area contributed by atoms with E-state index in [-0.39, 0.29) is 35.9 Å². The summed E-state index contributed by atoms with van der Waals surface area (Å²) in [5, 5.41) is 26.5. The van der Waals surface area contributed by atoms with Gasteiger partial charge in [0, 0.05) is 30.7 Å². The number of hydrogen-bond acceptors (Lipinski definition) is 17. The van der Waals surface area contributed by atoms with Gasteiger partial charge in [0.15, 0.2) is 17.7 Å². The van der Waals surface area contributed by atoms with E-state index < -0.39 is 78.6 Å². The molecule has 1 aliphatic rings. The first-order chi connectivity index (χ1) is 24.6. The fourth-order valence-corrected chi connectivity index (χ4v) is 8.48. The summed E-state index contributed by atoms with van der Waals surface area (Å²) in [7, 11) is -16.3. The van der Waals surface area contributed by atoms with E-state index >= 15 is 0 Å². The molecular weight excluding hydrogens is 791 g/mol. The number of nitrogens with one attached hydrogen (secondary N) is 2. The zero-order valence-electron chi connectivity index (χ0n) is 29.2. The Morgan fingerprint density at radius 2 is 1.77 bits per heavy atom. The summed E-state index contributed by atoms with van der Waals surface area (Å²) in [6.45, 7) is 5.17. The molecule has 1 saturated heterocycles. The maximum Gasteiger partial charge on any atom is 0.481 e. The van der Waals surface area contributed by atoms with Crippen LogP contribution in [0.2, 0.25) is 0 Å². The van der Waals surface area contributed by atoms with Gasteiger partial charge in [-0.05, 0) is 11.7 Å². The molecule has 0 radical (unpaired) electrons. The van der Waals surface area contributed by atoms with Gasteiger partial charge in [0.1, 0.15) is 36.3 Å². The topological polar surface area (TPSA) is 347 Å². The Bertz CT molecular complexity index is 1700. The second-order valence-corrected chi connectivity index (χ2v) is 18.0. The van der Waals surface area contributed by atoms with Gasteiger partial charge in [0.2, 0.25) is 11.8 Å². The lowest BCUT2D eigenvalue weighted by Crippen LogP contribution is -2.46. The van der Waals surface area contributed by atoms with Gasteiger partial charge >= 0.3 is 23.5 Å². The molecule has 3 rings (SSSR count). The van der Waals surface area contributed by atoms with Crippen LogP contribution >= 0.6 is 35.2 Å². The van der Waals surface area contributed by atoms with Crippen LogP contribution in [0.4, 0.5) is 5.82 Å². The predicted molar refractivity (Wildman–Crippen MR) is 186 cm³/mol. The number of imidazole rings is 1. The molecule has 2 amide bonds. The number of nitrogens with two attached hydrogens (primary N) is 1. The van der Waals surface area contributed by atoms with Crippen molar-refractivity contribution in [3.05, 3.63) is 12.7 Å². The number of aliphatic hydroxyl groups is 2. The molecule has 0 saturated carbocycles. The normalized spacial score (nSPS) is 22.9. The molecule has 4 unspecified atom stereocenters. The SMILES string of the molecule is CCC(C)CSCCNC(=O)CCNC(=O)C(O)C(C)(C)COP(=O)(O)OP(=O)(O)OC[C@H]1O[C@@H](n2cnc3c(N)ncnc32)[C@H](O)[C@@H]1OP(=O)(O)O. The molecule has 23 nitrogen and oxygen atoms in total. The quantitative estimate of drug-likeness (QED) is 0.0564. The van der Waals surface area contributed by atoms with Crippen LogP contribution < -0.4 is 16.4 Å². The number of aliphatic hydroxyl groups excluding tert-OH is 2. The molecular formula is C26H46N7O16P3S. The van der Waals surface area contributed by atoms with Crippen LogP contribution in [-0.4, -0.2) is 123 Å². The van der Waals surface area contributed by atoms with Crippen LogP contribution in [0.25, 0.3) is 11.2 Å². The lowest BCUT2D eigenvalue weighted by Gasteiger charge is -2.30. The molecule has 0 aliphatic carbocycles. The highest BCUT2D eigenvalue weighted by atomic mass is 32.2. The highest BCUT2D eigenvalue weighted by Crippen LogP contribution is 2.61. The molecule has 53 heavy (non-hydrogen) atoms. The highest BCUT2D eigenvalue weighted by Gasteiger charge is 2.50. The van der Waals surface area contributed by atoms with Gasteiger partial charge in [-0.3, -0.25) is 27.7 Å². The number of nitrogens with zero attached hydrogens (tertiary/aromatic N) is 4. The van der Waals surface area contributed by atoms with Crippen molar-refractivity contribution in [2.75, 3.05) is 43.5 Å². The average Bonchev–Trinajstić information content (AvgIpc) is 3.62. The van der Waals surface area contributed by atoms with E-state index in [0.29, 0.717) is 12.5 Å². The molecule has 27 heteroatoms. The number of nitrogen functional groups attached to an aromatic ring is 1. The van der Waals surface area contributed by atoms with E-state index in [1.807, 2.05) is 0 Å². The number of hydrogen-bond donors (Lipinski definition) is 9. The summed E-state index contributed by atoms with van der Waals surface area (Å²) in [6.07, 6.45) is -5.63. The number of carbonyl (C=O) groups is 2. The first-order valence-electron chi connectivity index (χ1n) is 16.0. The smallest absolute Gasteiger partial charge is 0.386 e. The van der Waals surface area contributed by atoms with Gasteiger partial charge < -0.3 is 50.9 Å². The minimum absolute atomic E-state index is 0.0339. The van der Waals surface area contributed by atoms with Crippen molar-refractivity contribution in [1.82, 2.24) is 30.2 Å². The number of fused-ring (bicyclic) bond motifs is 1. The Kier molecular flexibility index (Phi) is 16.4. The molecule has 2 aromatic heterocycles. The molecule has 2 aromatic rings. The fourth-order valence-electron chi connectivity index (χ4n) is 4.60. The van der Waals surface area contributed by atoms with Crippen LogP contribution in [0.3, 0.4) is 0 Å². The van der Waals surface area contributed by atoms with Crippen molar-refractivity contribution in [2.45, 2.75) is 71.2 Å². The number of anilines is 1. The number of aromatic nitrogens is 4. The summed E-state index contributed by atoms with van der Waals surface area (Å²) < 4.78 is 62.1. The summed E-state index contributed by atoms with van der Waals surface area (Å²) in [6, 6.07) is 0. The lowest BCUT2D eigenvalue weighted by atomic mass is 9.87. The van der Waals surface area contributed by atoms with Crippen molar-refractivity contribution in [3.63, 3.8) is 0 Å². The third-order valence-electron chi connectivity index (χ3n) is 7.75. The van der Waals surface area contributed by atoms with E-state index in [9.17, 15) is 53.1 Å². The van der Waals surface area contributed by atoms with Crippen LogP contribution in [0.1, 0.15) is 46.8 Å². The summed E-state index contributed by atoms with van der Waals surface area (Å²) in [5.74, 6) is 1.02. The molecule has 0 aromatic carbocycles. The molecule has 1 fully saturated rings. The Hall–Kier alpha value is -2.11. The fraction of sp³-hybridized carbons (Fsp3) is 0.731. The predicted octanol–water partition coefficient (Wildman–Crippen LogP) is 0.184. The molecule has 0 bridgehead atoms. The second-order valence-electron chi connectivity index (χ2n) is 12.7. The Labute approximate surface area is 308 Å². The van der Waals surface area contributed by atoms with Crippen molar-refractivity contribution in [2.24, 2.45) is 11.3 Å². The van der Waals surface area contributed by atoms with Crippen LogP contribution in [0, 0.1) is 11.3 Å². The number of phosphoric acid groups is 3. The van der Waals surface area contributed by atoms with Crippen LogP contribution in [0.15, 0.2) is 12.7 Å². The molecule has 3 heterocycles. The largest absolute Gasteiger partial charge is 0.481 e. The standard InChI is InChI=1S/C26H46N7O16P3S/c1-5-15(2)11-53-9-8-28-17(34)6-7-29-24(37)21(36)26(3,4)12-46-52(43,44)49-51(41,42)45-10-16-20(48-50(38,39)40)19(35)25(47-16)33-14-32-18-22(27)30-13-31-23(18)33/h13-16,19-21,25,35-36H,5-12H2,1-4H3,(H,28,34)(H,29,37)(H,41,42)(H,43,44)(H2,27,30,31)(H2,38,39,40)/t15?,16-,19-,20-,21?,25-/m1/s1. The first-order valence-corrected chi connectivity index (χ1v) is 21.7. The number of rotatable bonds is 22. The van der Waals surface area contributed by atoms with E-state index in [0.717, 1.165) is 35.1 Å². The van der Waals surface area contributed by atoms with Crippen molar-refractivity contribution < 1.29 is 75.7 Å². The minimum atomic E-state index is -5.54. The third-order valence-corrected chi connectivity index (χ3v) is 12.1. The number of thioether (sulfide) groups is 1. The monoisotopic (exact) mass is 837 g/mol. The Morgan fingerprint density at radius 1 is 1.09 bits per heavy atom. The summed E-state index contributed by atoms with van der Waals surface area (Å²) >= 11 is 1.72. The molecule has 302 valence electrons. The van der Waals surface area contributed by atoms with Gasteiger partial charge in [0.25, 0.3) is 0 Å². The maximum absolute atomic E-state index is 12.7. The maximum atomic E-state index is 12.7. The van der Waals surface area contributed by atoms with E-state index in [2.05, 4.69) is 48.3 Å². The van der Waals surface area contributed by atoms with Gasteiger partial charge in [-0.2, -0.15) is 16.1 Å². The van der Waals surface area contributed by atoms with Gasteiger partial charge in [-0.25, -0.2) is 28.6 Å². The number of carbonyl (C=O) groups excluding carboxylic acids is 2. The van der Waals surface area contributed by atoms with Crippen LogP contribution in [-0.2, 0) is 45.9 Å². The first kappa shape index (κ1) is 45.3. The lowest BCUT2D eigenvalue weighted by molar-refractivity contribution is -0.137. The van der Waals surface area contributed by atoms with Crippen molar-refractivity contribution in [1.29, 1.82) is 0 Å². The highest BCUT2D eigenvalue weighted by molar-refractivity contribution is 7.99. The van der Waals surface area contributed by atoms with Gasteiger partial charge in [0.05, 0.1) is 19.5 Å². The number of amides is 2. The summed E-state index contributed by atoms with van der Waals surface area (Å²) in [4.78, 5) is 75.5. The van der Waals surface area contributed by atoms with E-state index in [1.165, 1.54) is 13.8 Å². The van der Waals surface area contributed by atoms with Crippen molar-refractivity contribution >= 4 is 64.0 Å². The summed E-state index contributed by atoms with van der Waals surface area (Å²) in [5.41, 5.74) is 4.32. The molecule has 8 atom stereocenters. The molecule has 10 N–H and O–H groups in total. The van der Waals surface area contributed by atoms with E-state index in [1.54, 1.807) is 11.8 Å². The van der Waals surface area contributed by atoms with Gasteiger partial charge in [-0.15, -0.1) is 0 Å². The number of ether oxygens (including phenoxy) is 1. The number of phosphoric ester groups is 3. The molecule has 0 spiro atoms. The van der Waals surface area contributed by atoms with E-state index in [4.69, 9.17) is 19.5 Å². The van der Waals surface area contributed by atoms with Crippen molar-refractivity contribution in [3.8, 4) is 0 Å². The zero-order valence-corrected chi connectivity index (χ0v) is 32.7. The van der Waals surface area contributed by atoms with Crippen LogP contribution in [0.5, 0.6) is 0 Å². The Morgan fingerprint density at radius 3 is 2.43 bits per heavy atom. The van der Waals surface area contributed by atoms with Gasteiger partial charge in [-0.1, -0.05) is 34.1 Å².